The highest BCUT2D eigenvalue weighted by molar-refractivity contribution is 5.76. The lowest BCUT2D eigenvalue weighted by Gasteiger charge is -2.25. The van der Waals surface area contributed by atoms with Gasteiger partial charge in [0.1, 0.15) is 0 Å². The lowest BCUT2D eigenvalue weighted by atomic mass is 10.1. The van der Waals surface area contributed by atoms with Gasteiger partial charge in [-0.25, -0.2) is 0 Å². The Bertz CT molecular complexity index is 1570. The van der Waals surface area contributed by atoms with Gasteiger partial charge in [0.05, 0.1) is 0 Å². The van der Waals surface area contributed by atoms with Crippen LogP contribution in [-0.2, 0) is 0 Å². The van der Waals surface area contributed by atoms with Crippen LogP contribution in [0, 0.1) is 48.5 Å². The van der Waals surface area contributed by atoms with E-state index >= 15 is 0 Å². The molecular weight excluding hydrogens is 569 g/mol. The van der Waals surface area contributed by atoms with Crippen molar-refractivity contribution in [2.24, 2.45) is 0 Å². The minimum absolute atomic E-state index is 1.18. The van der Waals surface area contributed by atoms with Gasteiger partial charge in [0.15, 0.2) is 0 Å². The third kappa shape index (κ3) is 13.0. The molecule has 0 unspecified atom stereocenters. The highest BCUT2D eigenvalue weighted by Crippen LogP contribution is 2.34. The number of hydrogen-bond acceptors (Lipinski definition) is 2. The Balaban J connectivity index is 0.000000197. The topological polar surface area (TPSA) is 6.48 Å². The zero-order valence-electron chi connectivity index (χ0n) is 29.8. The van der Waals surface area contributed by atoms with Gasteiger partial charge < -0.3 is 9.80 Å². The van der Waals surface area contributed by atoms with E-state index in [9.17, 15) is 0 Å². The lowest BCUT2D eigenvalue weighted by molar-refractivity contribution is 1.13. The Morgan fingerprint density at radius 2 is 0.468 bits per heavy atom. The van der Waals surface area contributed by atoms with E-state index in [1.54, 1.807) is 0 Å². The zero-order chi connectivity index (χ0) is 34.2. The summed E-state index contributed by atoms with van der Waals surface area (Å²) in [6.45, 7) is 14.7. The summed E-state index contributed by atoms with van der Waals surface area (Å²) in [4.78, 5) is 4.39. The van der Waals surface area contributed by atoms with E-state index < -0.39 is 0 Å². The Labute approximate surface area is 285 Å². The fraction of sp³-hybridized carbons (Fsp3) is 0.200. The quantitative estimate of drug-likeness (QED) is 0.193. The smallest absolute Gasteiger partial charge is 0.0461 e. The molecule has 0 spiro atoms. The highest BCUT2D eigenvalue weighted by Gasteiger charge is 2.11. The minimum atomic E-state index is 1.18. The fourth-order valence-corrected chi connectivity index (χ4v) is 4.54. The molecular formula is C45H52N2. The predicted molar refractivity (Wildman–Crippen MR) is 208 cm³/mol. The van der Waals surface area contributed by atoms with Gasteiger partial charge in [-0.2, -0.15) is 0 Å². The van der Waals surface area contributed by atoms with Crippen LogP contribution in [0.1, 0.15) is 38.9 Å². The average molecular weight is 621 g/mol. The van der Waals surface area contributed by atoms with Gasteiger partial charge in [0, 0.05) is 36.8 Å². The van der Waals surface area contributed by atoms with Crippen molar-refractivity contribution in [2.45, 2.75) is 48.5 Å². The van der Waals surface area contributed by atoms with Crippen molar-refractivity contribution in [1.82, 2.24) is 0 Å². The van der Waals surface area contributed by atoms with Crippen LogP contribution in [0.5, 0.6) is 0 Å². The highest BCUT2D eigenvalue weighted by atomic mass is 15.1. The van der Waals surface area contributed by atoms with Crippen LogP contribution in [0.3, 0.4) is 0 Å². The molecule has 6 aromatic rings. The molecule has 47 heavy (non-hydrogen) atoms. The Kier molecular flexibility index (Phi) is 14.5. The first-order chi connectivity index (χ1) is 22.5. The average Bonchev–Trinajstić information content (AvgIpc) is 3.07. The van der Waals surface area contributed by atoms with Crippen LogP contribution >= 0.6 is 0 Å². The molecule has 2 nitrogen and oxygen atoms in total. The molecule has 6 aromatic carbocycles. The maximum Gasteiger partial charge on any atom is 0.0461 e. The van der Waals surface area contributed by atoms with Crippen LogP contribution < -0.4 is 9.80 Å². The van der Waals surface area contributed by atoms with Crippen molar-refractivity contribution < 1.29 is 0 Å². The molecule has 0 N–H and O–H groups in total. The summed E-state index contributed by atoms with van der Waals surface area (Å²) in [5.41, 5.74) is 13.9. The van der Waals surface area contributed by atoms with Crippen molar-refractivity contribution in [1.29, 1.82) is 0 Å². The van der Waals surface area contributed by atoms with Crippen LogP contribution in [0.2, 0.25) is 0 Å². The first kappa shape index (κ1) is 36.4. The first-order valence-electron chi connectivity index (χ1n) is 16.3. The van der Waals surface area contributed by atoms with Crippen LogP contribution in [-0.4, -0.2) is 14.1 Å². The summed E-state index contributed by atoms with van der Waals surface area (Å²) in [5, 5.41) is 0. The summed E-state index contributed by atoms with van der Waals surface area (Å²) < 4.78 is 0. The molecule has 0 radical (unpaired) electrons. The summed E-state index contributed by atoms with van der Waals surface area (Å²) in [5.74, 6) is 0. The van der Waals surface area contributed by atoms with Gasteiger partial charge in [0.2, 0.25) is 0 Å². The van der Waals surface area contributed by atoms with E-state index in [4.69, 9.17) is 0 Å². The van der Waals surface area contributed by atoms with Gasteiger partial charge >= 0.3 is 0 Å². The molecule has 0 saturated carbocycles. The van der Waals surface area contributed by atoms with Crippen molar-refractivity contribution in [3.63, 3.8) is 0 Å². The number of hydrogen-bond donors (Lipinski definition) is 0. The second-order valence-corrected chi connectivity index (χ2v) is 12.4. The molecule has 2 heteroatoms. The molecule has 0 aliphatic heterocycles. The molecule has 242 valence electrons. The molecule has 0 aromatic heterocycles. The molecule has 0 amide bonds. The summed E-state index contributed by atoms with van der Waals surface area (Å²) in [6.07, 6.45) is 0. The maximum absolute atomic E-state index is 2.29. The summed E-state index contributed by atoms with van der Waals surface area (Å²) in [6, 6.07) is 53.2. The summed E-state index contributed by atoms with van der Waals surface area (Å²) in [7, 11) is 4.09. The van der Waals surface area contributed by atoms with E-state index in [0.717, 1.165) is 0 Å². The van der Waals surface area contributed by atoms with Crippen LogP contribution in [0.4, 0.5) is 22.7 Å². The molecule has 0 atom stereocenters. The summed E-state index contributed by atoms with van der Waals surface area (Å²) >= 11 is 0. The van der Waals surface area contributed by atoms with Crippen LogP contribution in [0.25, 0.3) is 0 Å². The normalized spacial score (nSPS) is 9.81. The molecule has 0 fully saturated rings. The number of benzene rings is 6. The maximum atomic E-state index is 2.29. The molecule has 0 heterocycles. The second-order valence-electron chi connectivity index (χ2n) is 12.4. The van der Waals surface area contributed by atoms with Crippen LogP contribution in [0.15, 0.2) is 152 Å². The molecule has 0 aliphatic carbocycles. The first-order valence-corrected chi connectivity index (χ1v) is 16.3. The molecule has 0 aliphatic rings. The van der Waals surface area contributed by atoms with Crippen molar-refractivity contribution in [3.8, 4) is 0 Å². The predicted octanol–water partition coefficient (Wildman–Crippen LogP) is 12.4. The van der Waals surface area contributed by atoms with E-state index in [0.29, 0.717) is 0 Å². The Hall–Kier alpha value is -5.08. The van der Waals surface area contributed by atoms with Gasteiger partial charge in [0.25, 0.3) is 0 Å². The lowest BCUT2D eigenvalue weighted by Crippen LogP contribution is -2.09. The zero-order valence-corrected chi connectivity index (χ0v) is 29.8. The van der Waals surface area contributed by atoms with E-state index in [-0.39, 0.29) is 0 Å². The SMILES string of the molecule is Cc1ccc(C)cc1.Cc1ccc(N(C)C)cc1.Cc1ccc(N(c2ccc(C)cc2)c2ccc(C)cc2)cc1.Cc1ccccc1. The molecule has 0 bridgehead atoms. The second kappa shape index (κ2) is 18.8. The van der Waals surface area contributed by atoms with Gasteiger partial charge in [-0.05, 0) is 97.0 Å². The van der Waals surface area contributed by atoms with E-state index in [2.05, 4.69) is 192 Å². The van der Waals surface area contributed by atoms with Gasteiger partial charge in [-0.1, -0.05) is 142 Å². The monoisotopic (exact) mass is 620 g/mol. The third-order valence-corrected chi connectivity index (χ3v) is 7.59. The largest absolute Gasteiger partial charge is 0.378 e. The number of aryl methyl sites for hydroxylation is 7. The fourth-order valence-electron chi connectivity index (χ4n) is 4.54. The van der Waals surface area contributed by atoms with Crippen molar-refractivity contribution in [2.75, 3.05) is 23.9 Å². The van der Waals surface area contributed by atoms with Crippen molar-refractivity contribution in [3.05, 3.63) is 191 Å². The van der Waals surface area contributed by atoms with E-state index in [1.807, 2.05) is 32.3 Å². The Morgan fingerprint density at radius 1 is 0.255 bits per heavy atom. The molecule has 0 saturated heterocycles. The number of rotatable bonds is 4. The number of anilines is 4. The standard InChI is InChI=1S/C21H21N.C9H13N.C8H10.C7H8/c1-16-4-10-19(11-5-16)22(20-12-6-17(2)7-13-20)21-14-8-18(3)9-15-21;1-8-4-6-9(7-5-8)10(2)3;1-7-3-5-8(2)6-4-7;1-7-5-3-2-4-6-7/h4-15H,1-3H3;4-7H,1-3H3;3-6H,1-2H3;2-6H,1H3. The minimum Gasteiger partial charge on any atom is -0.378 e. The Morgan fingerprint density at radius 3 is 0.681 bits per heavy atom. The van der Waals surface area contributed by atoms with Gasteiger partial charge in [-0.3, -0.25) is 0 Å². The van der Waals surface area contributed by atoms with E-state index in [1.165, 1.54) is 61.7 Å². The molecule has 6 rings (SSSR count). The number of nitrogens with zero attached hydrogens (tertiary/aromatic N) is 2. The third-order valence-electron chi connectivity index (χ3n) is 7.59. The van der Waals surface area contributed by atoms with Gasteiger partial charge in [-0.15, -0.1) is 0 Å². The van der Waals surface area contributed by atoms with Crippen molar-refractivity contribution >= 4 is 22.7 Å².